The molecule has 0 atom stereocenters. The lowest BCUT2D eigenvalue weighted by Gasteiger charge is -2.01. The smallest absolute Gasteiger partial charge is 0.234 e. The molecule has 0 aliphatic heterocycles. The second-order valence-corrected chi connectivity index (χ2v) is 6.30. The Kier molecular flexibility index (Phi) is 4.19. The highest BCUT2D eigenvalue weighted by Crippen LogP contribution is 2.19. The SMILES string of the molecule is CC(C)c1nnc2sc(CCC(=O)NCc3ccco3)nn12. The van der Waals surface area contributed by atoms with Crippen molar-refractivity contribution in [3.63, 3.8) is 0 Å². The number of amides is 1. The number of fused-ring (bicyclic) bond motifs is 1. The molecule has 1 amide bonds. The minimum atomic E-state index is -0.0218. The maximum atomic E-state index is 11.8. The van der Waals surface area contributed by atoms with Gasteiger partial charge in [0, 0.05) is 18.8 Å². The van der Waals surface area contributed by atoms with E-state index in [0.717, 1.165) is 21.6 Å². The van der Waals surface area contributed by atoms with E-state index in [4.69, 9.17) is 4.42 Å². The predicted molar refractivity (Wildman–Crippen MR) is 81.6 cm³/mol. The molecule has 116 valence electrons. The summed E-state index contributed by atoms with van der Waals surface area (Å²) < 4.78 is 6.94. The minimum absolute atomic E-state index is 0.0218. The summed E-state index contributed by atoms with van der Waals surface area (Å²) in [6, 6.07) is 3.63. The Morgan fingerprint density at radius 3 is 3.05 bits per heavy atom. The average Bonchev–Trinajstić information content (AvgIpc) is 3.18. The first-order valence-electron chi connectivity index (χ1n) is 7.13. The van der Waals surface area contributed by atoms with E-state index in [9.17, 15) is 4.79 Å². The van der Waals surface area contributed by atoms with Gasteiger partial charge in [0.05, 0.1) is 12.8 Å². The number of nitrogens with one attached hydrogen (secondary N) is 1. The zero-order valence-electron chi connectivity index (χ0n) is 12.4. The number of aromatic nitrogens is 4. The third kappa shape index (κ3) is 3.16. The Bertz CT molecular complexity index is 759. The summed E-state index contributed by atoms with van der Waals surface area (Å²) in [6.45, 7) is 4.52. The molecular weight excluding hydrogens is 302 g/mol. The van der Waals surface area contributed by atoms with Crippen LogP contribution in [0.3, 0.4) is 0 Å². The van der Waals surface area contributed by atoms with Gasteiger partial charge >= 0.3 is 0 Å². The normalized spacial score (nSPS) is 11.4. The summed E-state index contributed by atoms with van der Waals surface area (Å²) in [7, 11) is 0. The monoisotopic (exact) mass is 319 g/mol. The van der Waals surface area contributed by atoms with Gasteiger partial charge in [-0.15, -0.1) is 10.2 Å². The molecule has 0 aromatic carbocycles. The molecule has 22 heavy (non-hydrogen) atoms. The van der Waals surface area contributed by atoms with Crippen LogP contribution in [0.5, 0.6) is 0 Å². The van der Waals surface area contributed by atoms with E-state index in [2.05, 4.69) is 34.5 Å². The topological polar surface area (TPSA) is 85.3 Å². The third-order valence-corrected chi connectivity index (χ3v) is 4.14. The summed E-state index contributed by atoms with van der Waals surface area (Å²) >= 11 is 1.47. The van der Waals surface area contributed by atoms with Crippen molar-refractivity contribution in [2.24, 2.45) is 0 Å². The molecule has 1 N–H and O–H groups in total. The predicted octanol–water partition coefficient (Wildman–Crippen LogP) is 2.15. The largest absolute Gasteiger partial charge is 0.467 e. The summed E-state index contributed by atoms with van der Waals surface area (Å²) in [5, 5.41) is 16.4. The number of aryl methyl sites for hydroxylation is 1. The van der Waals surface area contributed by atoms with Crippen molar-refractivity contribution in [3.8, 4) is 0 Å². The van der Waals surface area contributed by atoms with E-state index in [1.165, 1.54) is 11.3 Å². The lowest BCUT2D eigenvalue weighted by Crippen LogP contribution is -2.22. The molecule has 3 rings (SSSR count). The van der Waals surface area contributed by atoms with Gasteiger partial charge in [-0.3, -0.25) is 4.79 Å². The van der Waals surface area contributed by atoms with Gasteiger partial charge in [0.1, 0.15) is 10.8 Å². The number of furan rings is 1. The maximum Gasteiger partial charge on any atom is 0.234 e. The van der Waals surface area contributed by atoms with Crippen LogP contribution in [0.1, 0.15) is 42.8 Å². The number of hydrogen-bond donors (Lipinski definition) is 1. The summed E-state index contributed by atoms with van der Waals surface area (Å²) in [5.74, 6) is 1.83. The van der Waals surface area contributed by atoms with Crippen LogP contribution in [-0.4, -0.2) is 25.7 Å². The van der Waals surface area contributed by atoms with Crippen LogP contribution in [0, 0.1) is 0 Å². The molecule has 7 nitrogen and oxygen atoms in total. The molecule has 8 heteroatoms. The van der Waals surface area contributed by atoms with Crippen LogP contribution in [-0.2, 0) is 17.8 Å². The second-order valence-electron chi connectivity index (χ2n) is 5.26. The van der Waals surface area contributed by atoms with Crippen LogP contribution in [0.25, 0.3) is 4.96 Å². The molecular formula is C14H17N5O2S. The van der Waals surface area contributed by atoms with Gasteiger partial charge in [0.25, 0.3) is 0 Å². The van der Waals surface area contributed by atoms with Gasteiger partial charge in [-0.25, -0.2) is 0 Å². The van der Waals surface area contributed by atoms with Crippen LogP contribution in [0.15, 0.2) is 22.8 Å². The molecule has 0 aliphatic rings. The minimum Gasteiger partial charge on any atom is -0.467 e. The molecule has 3 heterocycles. The molecule has 0 bridgehead atoms. The van der Waals surface area contributed by atoms with Crippen molar-refractivity contribution in [1.29, 1.82) is 0 Å². The van der Waals surface area contributed by atoms with E-state index in [1.54, 1.807) is 16.8 Å². The lowest BCUT2D eigenvalue weighted by atomic mass is 10.2. The zero-order valence-corrected chi connectivity index (χ0v) is 13.3. The highest BCUT2D eigenvalue weighted by atomic mass is 32.1. The molecule has 0 fully saturated rings. The van der Waals surface area contributed by atoms with Crippen LogP contribution >= 0.6 is 11.3 Å². The fourth-order valence-electron chi connectivity index (χ4n) is 2.04. The van der Waals surface area contributed by atoms with E-state index in [-0.39, 0.29) is 11.8 Å². The molecule has 0 unspecified atom stereocenters. The van der Waals surface area contributed by atoms with E-state index in [1.807, 2.05) is 6.07 Å². The van der Waals surface area contributed by atoms with Gasteiger partial charge in [-0.1, -0.05) is 25.2 Å². The molecule has 0 radical (unpaired) electrons. The highest BCUT2D eigenvalue weighted by molar-refractivity contribution is 7.16. The third-order valence-electron chi connectivity index (χ3n) is 3.18. The number of nitrogens with zero attached hydrogens (tertiary/aromatic N) is 4. The van der Waals surface area contributed by atoms with Crippen molar-refractivity contribution in [2.45, 2.75) is 39.2 Å². The fraction of sp³-hybridized carbons (Fsp3) is 0.429. The van der Waals surface area contributed by atoms with Gasteiger partial charge in [0.15, 0.2) is 5.82 Å². The first kappa shape index (κ1) is 14.7. The molecule has 3 aromatic rings. The first-order chi connectivity index (χ1) is 10.6. The van der Waals surface area contributed by atoms with Gasteiger partial charge in [-0.05, 0) is 12.1 Å². The van der Waals surface area contributed by atoms with Gasteiger partial charge < -0.3 is 9.73 Å². The Morgan fingerprint density at radius 1 is 1.45 bits per heavy atom. The molecule has 0 spiro atoms. The Balaban J connectivity index is 1.55. The van der Waals surface area contributed by atoms with Crippen molar-refractivity contribution in [3.05, 3.63) is 35.0 Å². The van der Waals surface area contributed by atoms with Gasteiger partial charge in [0.2, 0.25) is 10.9 Å². The average molecular weight is 319 g/mol. The van der Waals surface area contributed by atoms with Crippen LogP contribution < -0.4 is 5.32 Å². The Morgan fingerprint density at radius 2 is 2.32 bits per heavy atom. The Hall–Kier alpha value is -2.22. The lowest BCUT2D eigenvalue weighted by molar-refractivity contribution is -0.121. The first-order valence-corrected chi connectivity index (χ1v) is 7.95. The van der Waals surface area contributed by atoms with Crippen molar-refractivity contribution < 1.29 is 9.21 Å². The fourth-order valence-corrected chi connectivity index (χ4v) is 2.88. The number of rotatable bonds is 6. The van der Waals surface area contributed by atoms with E-state index >= 15 is 0 Å². The highest BCUT2D eigenvalue weighted by Gasteiger charge is 2.14. The van der Waals surface area contributed by atoms with E-state index in [0.29, 0.717) is 19.4 Å². The zero-order chi connectivity index (χ0) is 15.5. The van der Waals surface area contributed by atoms with Crippen molar-refractivity contribution in [1.82, 2.24) is 25.1 Å². The summed E-state index contributed by atoms with van der Waals surface area (Å²) in [4.78, 5) is 12.6. The van der Waals surface area contributed by atoms with Crippen molar-refractivity contribution >= 4 is 22.2 Å². The number of hydrogen-bond acceptors (Lipinski definition) is 6. The van der Waals surface area contributed by atoms with E-state index < -0.39 is 0 Å². The molecule has 3 aromatic heterocycles. The molecule has 0 saturated carbocycles. The standard InChI is InChI=1S/C14H17N5O2S/c1-9(2)13-16-17-14-19(13)18-12(22-14)6-5-11(20)15-8-10-4-3-7-21-10/h3-4,7,9H,5-6,8H2,1-2H3,(H,15,20). The Labute approximate surface area is 131 Å². The quantitative estimate of drug-likeness (QED) is 0.752. The number of carbonyl (C=O) groups excluding carboxylic acids is 1. The number of carbonyl (C=O) groups is 1. The molecule has 0 saturated heterocycles. The van der Waals surface area contributed by atoms with Crippen molar-refractivity contribution in [2.75, 3.05) is 0 Å². The van der Waals surface area contributed by atoms with Crippen LogP contribution in [0.2, 0.25) is 0 Å². The second kappa shape index (κ2) is 6.27. The molecule has 0 aliphatic carbocycles. The summed E-state index contributed by atoms with van der Waals surface area (Å²) in [5.41, 5.74) is 0. The summed E-state index contributed by atoms with van der Waals surface area (Å²) in [6.07, 6.45) is 2.57. The van der Waals surface area contributed by atoms with Crippen LogP contribution in [0.4, 0.5) is 0 Å². The maximum absolute atomic E-state index is 11.8. The van der Waals surface area contributed by atoms with Gasteiger partial charge in [-0.2, -0.15) is 9.61 Å².